The summed E-state index contributed by atoms with van der Waals surface area (Å²) in [4.78, 5) is 12.7. The predicted octanol–water partition coefficient (Wildman–Crippen LogP) is 2.55. The third kappa shape index (κ3) is 2.88. The number of methoxy groups -OCH3 is 1. The van der Waals surface area contributed by atoms with E-state index in [2.05, 4.69) is 10.1 Å². The highest BCUT2D eigenvalue weighted by molar-refractivity contribution is 5.83. The van der Waals surface area contributed by atoms with Crippen molar-refractivity contribution in [1.29, 1.82) is 0 Å². The highest BCUT2D eigenvalue weighted by atomic mass is 19.1. The molecule has 7 heteroatoms. The smallest absolute Gasteiger partial charge is 0.290 e. The minimum absolute atomic E-state index is 0.250. The van der Waals surface area contributed by atoms with Crippen LogP contribution in [0.25, 0.3) is 16.8 Å². The molecular formula is C15H14FN3O3. The fraction of sp³-hybridized carbons (Fsp3) is 0.133. The summed E-state index contributed by atoms with van der Waals surface area (Å²) in [6.45, 7) is 1.62. The van der Waals surface area contributed by atoms with Crippen LogP contribution in [0.15, 0.2) is 36.7 Å². The molecule has 1 aromatic carbocycles. The summed E-state index contributed by atoms with van der Waals surface area (Å²) in [5, 5.41) is 11.3. The number of hydrogen-bond acceptors (Lipinski definition) is 4. The number of halogens is 1. The lowest BCUT2D eigenvalue weighted by Gasteiger charge is -2.07. The number of benzene rings is 1. The molecule has 0 aliphatic heterocycles. The molecule has 0 spiro atoms. The van der Waals surface area contributed by atoms with Gasteiger partial charge in [-0.05, 0) is 31.2 Å². The van der Waals surface area contributed by atoms with Crippen LogP contribution in [0.1, 0.15) is 5.69 Å². The standard InChI is InChI=1S/C14H12FN3O.CH2O2/c1-9-13(14-16-6-3-7-18(14)17-9)11-8-10(15)4-5-12(11)19-2;2-1-3/h3-8H,1-2H3;1H,(H,2,3). The van der Waals surface area contributed by atoms with E-state index in [1.54, 1.807) is 30.0 Å². The quantitative estimate of drug-likeness (QED) is 0.736. The zero-order valence-corrected chi connectivity index (χ0v) is 12.0. The molecule has 0 atom stereocenters. The van der Waals surface area contributed by atoms with E-state index in [0.717, 1.165) is 11.3 Å². The fourth-order valence-electron chi connectivity index (χ4n) is 2.19. The molecule has 0 saturated heterocycles. The Labute approximate surface area is 125 Å². The number of nitrogens with zero attached hydrogens (tertiary/aromatic N) is 3. The van der Waals surface area contributed by atoms with Crippen molar-refractivity contribution >= 4 is 12.1 Å². The third-order valence-electron chi connectivity index (χ3n) is 3.00. The van der Waals surface area contributed by atoms with Crippen molar-refractivity contribution < 1.29 is 19.0 Å². The molecule has 1 N–H and O–H groups in total. The molecule has 0 amide bonds. The molecule has 2 heterocycles. The minimum atomic E-state index is -0.314. The van der Waals surface area contributed by atoms with E-state index >= 15 is 0 Å². The molecule has 0 radical (unpaired) electrons. The average Bonchev–Trinajstić information content (AvgIpc) is 2.83. The first-order valence-electron chi connectivity index (χ1n) is 6.34. The van der Waals surface area contributed by atoms with Crippen molar-refractivity contribution in [3.8, 4) is 16.9 Å². The van der Waals surface area contributed by atoms with Gasteiger partial charge in [-0.25, -0.2) is 13.9 Å². The van der Waals surface area contributed by atoms with E-state index in [1.807, 2.05) is 13.1 Å². The number of aryl methyl sites for hydroxylation is 1. The van der Waals surface area contributed by atoms with Gasteiger partial charge in [0.15, 0.2) is 5.65 Å². The molecule has 22 heavy (non-hydrogen) atoms. The summed E-state index contributed by atoms with van der Waals surface area (Å²) in [5.41, 5.74) is 2.91. The van der Waals surface area contributed by atoms with Gasteiger partial charge in [-0.3, -0.25) is 4.79 Å². The molecule has 0 saturated carbocycles. The largest absolute Gasteiger partial charge is 0.496 e. The second kappa shape index (κ2) is 6.66. The summed E-state index contributed by atoms with van der Waals surface area (Å²) >= 11 is 0. The number of fused-ring (bicyclic) bond motifs is 1. The third-order valence-corrected chi connectivity index (χ3v) is 3.00. The van der Waals surface area contributed by atoms with Gasteiger partial charge in [-0.15, -0.1) is 0 Å². The van der Waals surface area contributed by atoms with Crippen LogP contribution in [0.4, 0.5) is 4.39 Å². The monoisotopic (exact) mass is 303 g/mol. The summed E-state index contributed by atoms with van der Waals surface area (Å²) in [6.07, 6.45) is 3.50. The van der Waals surface area contributed by atoms with E-state index in [-0.39, 0.29) is 12.3 Å². The van der Waals surface area contributed by atoms with Crippen LogP contribution < -0.4 is 4.74 Å². The molecule has 2 aromatic heterocycles. The number of carbonyl (C=O) groups is 1. The van der Waals surface area contributed by atoms with Crippen LogP contribution in [0.2, 0.25) is 0 Å². The molecule has 0 fully saturated rings. The lowest BCUT2D eigenvalue weighted by atomic mass is 10.0. The molecule has 114 valence electrons. The predicted molar refractivity (Wildman–Crippen MR) is 78.4 cm³/mol. The Balaban J connectivity index is 0.000000545. The fourth-order valence-corrected chi connectivity index (χ4v) is 2.19. The van der Waals surface area contributed by atoms with Crippen molar-refractivity contribution in [3.63, 3.8) is 0 Å². The molecule has 3 rings (SSSR count). The van der Waals surface area contributed by atoms with Gasteiger partial charge in [-0.2, -0.15) is 5.10 Å². The number of carboxylic acid groups (broad SMARTS) is 1. The van der Waals surface area contributed by atoms with E-state index < -0.39 is 0 Å². The topological polar surface area (TPSA) is 76.7 Å². The second-order valence-corrected chi connectivity index (χ2v) is 4.30. The molecular weight excluding hydrogens is 289 g/mol. The zero-order chi connectivity index (χ0) is 16.1. The maximum atomic E-state index is 13.5. The van der Waals surface area contributed by atoms with Crippen molar-refractivity contribution in [1.82, 2.24) is 14.6 Å². The number of aromatic nitrogens is 3. The van der Waals surface area contributed by atoms with Crippen LogP contribution in [0.5, 0.6) is 5.75 Å². The normalized spacial score (nSPS) is 9.95. The van der Waals surface area contributed by atoms with Gasteiger partial charge >= 0.3 is 0 Å². The van der Waals surface area contributed by atoms with E-state index in [4.69, 9.17) is 14.6 Å². The first-order valence-corrected chi connectivity index (χ1v) is 6.34. The highest BCUT2D eigenvalue weighted by Crippen LogP contribution is 2.34. The zero-order valence-electron chi connectivity index (χ0n) is 12.0. The average molecular weight is 303 g/mol. The number of rotatable bonds is 2. The summed E-state index contributed by atoms with van der Waals surface area (Å²) in [6, 6.07) is 6.22. The van der Waals surface area contributed by atoms with Crippen LogP contribution in [-0.4, -0.2) is 33.3 Å². The number of hydrogen-bond donors (Lipinski definition) is 1. The van der Waals surface area contributed by atoms with Crippen LogP contribution >= 0.6 is 0 Å². The van der Waals surface area contributed by atoms with Crippen molar-refractivity contribution in [3.05, 3.63) is 48.2 Å². The van der Waals surface area contributed by atoms with Gasteiger partial charge < -0.3 is 9.84 Å². The number of ether oxygens (including phenoxy) is 1. The van der Waals surface area contributed by atoms with E-state index in [0.29, 0.717) is 17.0 Å². The summed E-state index contributed by atoms with van der Waals surface area (Å²) < 4.78 is 20.5. The van der Waals surface area contributed by atoms with Crippen molar-refractivity contribution in [2.45, 2.75) is 6.92 Å². The van der Waals surface area contributed by atoms with Gasteiger partial charge in [0, 0.05) is 18.0 Å². The van der Waals surface area contributed by atoms with Crippen LogP contribution in [-0.2, 0) is 4.79 Å². The van der Waals surface area contributed by atoms with Gasteiger partial charge in [0.05, 0.1) is 18.4 Å². The molecule has 0 unspecified atom stereocenters. The lowest BCUT2D eigenvalue weighted by Crippen LogP contribution is -1.91. The molecule has 3 aromatic rings. The summed E-state index contributed by atoms with van der Waals surface area (Å²) in [7, 11) is 1.56. The summed E-state index contributed by atoms with van der Waals surface area (Å²) in [5.74, 6) is 0.288. The van der Waals surface area contributed by atoms with Crippen molar-refractivity contribution in [2.24, 2.45) is 0 Å². The molecule has 6 nitrogen and oxygen atoms in total. The maximum Gasteiger partial charge on any atom is 0.290 e. The minimum Gasteiger partial charge on any atom is -0.496 e. The molecule has 0 bridgehead atoms. The van der Waals surface area contributed by atoms with Crippen LogP contribution in [0, 0.1) is 12.7 Å². The Kier molecular flexibility index (Phi) is 4.67. The van der Waals surface area contributed by atoms with Gasteiger partial charge in [0.25, 0.3) is 6.47 Å². The molecule has 0 aliphatic carbocycles. The van der Waals surface area contributed by atoms with E-state index in [1.165, 1.54) is 12.1 Å². The van der Waals surface area contributed by atoms with Gasteiger partial charge in [0.2, 0.25) is 0 Å². The first kappa shape index (κ1) is 15.4. The maximum absolute atomic E-state index is 13.5. The molecule has 0 aliphatic rings. The Hall–Kier alpha value is -2.96. The lowest BCUT2D eigenvalue weighted by molar-refractivity contribution is -0.122. The van der Waals surface area contributed by atoms with Gasteiger partial charge in [-0.1, -0.05) is 0 Å². The van der Waals surface area contributed by atoms with Crippen LogP contribution in [0.3, 0.4) is 0 Å². The van der Waals surface area contributed by atoms with E-state index in [9.17, 15) is 4.39 Å². The Morgan fingerprint density at radius 3 is 2.82 bits per heavy atom. The Bertz CT molecular complexity index is 802. The van der Waals surface area contributed by atoms with Crippen molar-refractivity contribution in [2.75, 3.05) is 7.11 Å². The highest BCUT2D eigenvalue weighted by Gasteiger charge is 2.16. The SMILES string of the molecule is COc1ccc(F)cc1-c1c(C)nn2cccnc12.O=CO. The Morgan fingerprint density at radius 2 is 2.14 bits per heavy atom. The Morgan fingerprint density at radius 1 is 1.41 bits per heavy atom. The first-order chi connectivity index (χ1) is 10.6. The van der Waals surface area contributed by atoms with Gasteiger partial charge in [0.1, 0.15) is 11.6 Å². The second-order valence-electron chi connectivity index (χ2n) is 4.30.